The molecule has 0 N–H and O–H groups in total. The van der Waals surface area contributed by atoms with Crippen LogP contribution < -0.4 is 4.43 Å². The van der Waals surface area contributed by atoms with Gasteiger partial charge >= 0.3 is 5.97 Å². The van der Waals surface area contributed by atoms with Crippen LogP contribution in [0, 0.1) is 6.92 Å². The van der Waals surface area contributed by atoms with Gasteiger partial charge in [-0.25, -0.2) is 4.79 Å². The minimum absolute atomic E-state index is 0.335. The van der Waals surface area contributed by atoms with E-state index in [0.29, 0.717) is 27.9 Å². The van der Waals surface area contributed by atoms with Crippen LogP contribution in [0.15, 0.2) is 18.2 Å². The Morgan fingerprint density at radius 3 is 1.91 bits per heavy atom. The van der Waals surface area contributed by atoms with E-state index in [-0.39, 0.29) is 5.97 Å². The maximum Gasteiger partial charge on any atom is 0.341 e. The summed E-state index contributed by atoms with van der Waals surface area (Å²) >= 11 is 0. The summed E-state index contributed by atoms with van der Waals surface area (Å²) in [4.78, 5) is 12.1. The standard InChI is InChI=1S/C18H30O3Si/c1-12(2)22(13(3)4,14(5)6)21-17-10-9-15(7)11-16(17)18(19)20-8/h9-14H,1-8H3. The number of carbonyl (C=O) groups excluding carboxylic acids is 1. The van der Waals surface area contributed by atoms with Gasteiger partial charge in [0, 0.05) is 0 Å². The van der Waals surface area contributed by atoms with E-state index in [1.54, 1.807) is 0 Å². The Hall–Kier alpha value is -1.29. The molecule has 0 aromatic heterocycles. The molecule has 0 aliphatic heterocycles. The molecule has 3 nitrogen and oxygen atoms in total. The summed E-state index contributed by atoms with van der Waals surface area (Å²) in [5.41, 5.74) is 2.93. The maximum absolute atomic E-state index is 12.1. The number of carbonyl (C=O) groups is 1. The molecule has 0 atom stereocenters. The Balaban J connectivity index is 3.39. The number of benzene rings is 1. The van der Waals surface area contributed by atoms with Gasteiger partial charge in [-0.2, -0.15) is 0 Å². The Bertz CT molecular complexity index is 499. The average molecular weight is 323 g/mol. The average Bonchev–Trinajstić information content (AvgIpc) is 2.43. The van der Waals surface area contributed by atoms with Gasteiger partial charge in [0.1, 0.15) is 11.3 Å². The molecule has 0 spiro atoms. The van der Waals surface area contributed by atoms with Gasteiger partial charge in [0.2, 0.25) is 0 Å². The lowest BCUT2D eigenvalue weighted by Crippen LogP contribution is -2.51. The highest BCUT2D eigenvalue weighted by Gasteiger charge is 2.47. The number of aryl methyl sites for hydroxylation is 1. The van der Waals surface area contributed by atoms with E-state index < -0.39 is 8.32 Å². The van der Waals surface area contributed by atoms with E-state index in [1.165, 1.54) is 7.11 Å². The summed E-state index contributed by atoms with van der Waals surface area (Å²) in [5, 5.41) is 0. The molecule has 0 unspecified atom stereocenters. The van der Waals surface area contributed by atoms with Crippen molar-refractivity contribution in [2.75, 3.05) is 7.11 Å². The summed E-state index contributed by atoms with van der Waals surface area (Å²) in [6, 6.07) is 5.75. The van der Waals surface area contributed by atoms with Gasteiger partial charge < -0.3 is 9.16 Å². The van der Waals surface area contributed by atoms with Gasteiger partial charge in [-0.3, -0.25) is 0 Å². The van der Waals surface area contributed by atoms with Crippen LogP contribution in [-0.4, -0.2) is 21.4 Å². The smallest absolute Gasteiger partial charge is 0.341 e. The highest BCUT2D eigenvalue weighted by Crippen LogP contribution is 2.43. The second-order valence-corrected chi connectivity index (χ2v) is 12.3. The van der Waals surface area contributed by atoms with E-state index in [1.807, 2.05) is 25.1 Å². The van der Waals surface area contributed by atoms with Crippen LogP contribution >= 0.6 is 0 Å². The molecule has 124 valence electrons. The van der Waals surface area contributed by atoms with Crippen molar-refractivity contribution in [2.24, 2.45) is 0 Å². The molecule has 1 aromatic rings. The molecule has 0 radical (unpaired) electrons. The van der Waals surface area contributed by atoms with Crippen molar-refractivity contribution in [3.05, 3.63) is 29.3 Å². The number of methoxy groups -OCH3 is 1. The number of hydrogen-bond donors (Lipinski definition) is 0. The zero-order valence-electron chi connectivity index (χ0n) is 15.2. The molecule has 0 aliphatic carbocycles. The summed E-state index contributed by atoms with van der Waals surface area (Å²) in [7, 11) is -0.674. The lowest BCUT2D eigenvalue weighted by molar-refractivity contribution is 0.0598. The fourth-order valence-corrected chi connectivity index (χ4v) is 8.81. The second kappa shape index (κ2) is 7.31. The quantitative estimate of drug-likeness (QED) is 0.524. The molecule has 0 saturated heterocycles. The van der Waals surface area contributed by atoms with Gasteiger partial charge in [-0.05, 0) is 35.7 Å². The van der Waals surface area contributed by atoms with Gasteiger partial charge in [-0.15, -0.1) is 0 Å². The lowest BCUT2D eigenvalue weighted by atomic mass is 10.1. The first-order valence-electron chi connectivity index (χ1n) is 8.04. The van der Waals surface area contributed by atoms with E-state index in [9.17, 15) is 4.79 Å². The monoisotopic (exact) mass is 322 g/mol. The van der Waals surface area contributed by atoms with Crippen LogP contribution in [0.3, 0.4) is 0 Å². The second-order valence-electron chi connectivity index (χ2n) is 6.91. The van der Waals surface area contributed by atoms with Crippen molar-refractivity contribution >= 4 is 14.3 Å². The van der Waals surface area contributed by atoms with E-state index in [4.69, 9.17) is 9.16 Å². The van der Waals surface area contributed by atoms with Crippen LogP contribution in [0.4, 0.5) is 0 Å². The minimum atomic E-state index is -2.08. The van der Waals surface area contributed by atoms with Crippen LogP contribution in [0.1, 0.15) is 57.5 Å². The van der Waals surface area contributed by atoms with Crippen LogP contribution in [-0.2, 0) is 4.74 Å². The molecule has 4 heteroatoms. The van der Waals surface area contributed by atoms with E-state index in [0.717, 1.165) is 5.56 Å². The summed E-state index contributed by atoms with van der Waals surface area (Å²) in [6.45, 7) is 15.4. The first-order chi connectivity index (χ1) is 10.2. The Morgan fingerprint density at radius 1 is 1.00 bits per heavy atom. The SMILES string of the molecule is COC(=O)c1cc(C)ccc1O[Si](C(C)C)(C(C)C)C(C)C. The predicted octanol–water partition coefficient (Wildman–Crippen LogP) is 5.34. The lowest BCUT2D eigenvalue weighted by Gasteiger charge is -2.42. The van der Waals surface area contributed by atoms with Crippen LogP contribution in [0.5, 0.6) is 5.75 Å². The highest BCUT2D eigenvalue weighted by atomic mass is 28.4. The molecule has 22 heavy (non-hydrogen) atoms. The van der Waals surface area contributed by atoms with Crippen molar-refractivity contribution in [2.45, 2.75) is 65.1 Å². The zero-order chi connectivity index (χ0) is 17.1. The van der Waals surface area contributed by atoms with Crippen molar-refractivity contribution < 1.29 is 14.0 Å². The molecule has 0 aliphatic rings. The summed E-state index contributed by atoms with van der Waals surface area (Å²) < 4.78 is 11.6. The number of rotatable bonds is 6. The molecule has 0 heterocycles. The van der Waals surface area contributed by atoms with Crippen LogP contribution in [0.25, 0.3) is 0 Å². The molecule has 0 fully saturated rings. The van der Waals surface area contributed by atoms with Crippen molar-refractivity contribution in [1.29, 1.82) is 0 Å². The van der Waals surface area contributed by atoms with Crippen LogP contribution in [0.2, 0.25) is 16.6 Å². The number of esters is 1. The third-order valence-electron chi connectivity index (χ3n) is 4.53. The zero-order valence-corrected chi connectivity index (χ0v) is 16.2. The third kappa shape index (κ3) is 3.54. The van der Waals surface area contributed by atoms with Gasteiger partial charge in [0.15, 0.2) is 0 Å². The van der Waals surface area contributed by atoms with E-state index in [2.05, 4.69) is 41.5 Å². The largest absolute Gasteiger partial charge is 0.542 e. The highest BCUT2D eigenvalue weighted by molar-refractivity contribution is 6.78. The molecular weight excluding hydrogens is 292 g/mol. The van der Waals surface area contributed by atoms with Crippen molar-refractivity contribution in [3.63, 3.8) is 0 Å². The first kappa shape index (κ1) is 18.8. The molecule has 0 bridgehead atoms. The Kier molecular flexibility index (Phi) is 6.24. The normalized spacial score (nSPS) is 12.1. The van der Waals surface area contributed by atoms with Gasteiger partial charge in [0.25, 0.3) is 8.32 Å². The van der Waals surface area contributed by atoms with Gasteiger partial charge in [0.05, 0.1) is 7.11 Å². The number of ether oxygens (including phenoxy) is 1. The molecule has 1 rings (SSSR count). The molecule has 0 saturated carbocycles. The maximum atomic E-state index is 12.1. The van der Waals surface area contributed by atoms with Gasteiger partial charge in [-0.1, -0.05) is 53.2 Å². The predicted molar refractivity (Wildman–Crippen MR) is 94.2 cm³/mol. The summed E-state index contributed by atoms with van der Waals surface area (Å²) in [6.07, 6.45) is 0. The Labute approximate surface area is 136 Å². The number of hydrogen-bond acceptors (Lipinski definition) is 3. The molecular formula is C18H30O3Si. The summed E-state index contributed by atoms with van der Waals surface area (Å²) in [5.74, 6) is 0.332. The van der Waals surface area contributed by atoms with Crippen molar-refractivity contribution in [1.82, 2.24) is 0 Å². The minimum Gasteiger partial charge on any atom is -0.542 e. The topological polar surface area (TPSA) is 35.5 Å². The third-order valence-corrected chi connectivity index (χ3v) is 10.5. The molecule has 0 amide bonds. The first-order valence-corrected chi connectivity index (χ1v) is 10.2. The van der Waals surface area contributed by atoms with Crippen molar-refractivity contribution in [3.8, 4) is 5.75 Å². The molecule has 1 aromatic carbocycles. The van der Waals surface area contributed by atoms with E-state index >= 15 is 0 Å². The Morgan fingerprint density at radius 2 is 1.50 bits per heavy atom. The fourth-order valence-electron chi connectivity index (χ4n) is 3.55. The fraction of sp³-hybridized carbons (Fsp3) is 0.611.